The van der Waals surface area contributed by atoms with Crippen molar-refractivity contribution in [1.82, 2.24) is 5.06 Å². The number of rotatable bonds is 6. The van der Waals surface area contributed by atoms with E-state index in [1.165, 1.54) is 17.2 Å². The van der Waals surface area contributed by atoms with Crippen LogP contribution in [-0.4, -0.2) is 34.8 Å². The summed E-state index contributed by atoms with van der Waals surface area (Å²) in [6.45, 7) is 0.452. The lowest BCUT2D eigenvalue weighted by molar-refractivity contribution is -0.143. The highest BCUT2D eigenvalue weighted by Crippen LogP contribution is 2.36. The Morgan fingerprint density at radius 2 is 1.65 bits per heavy atom. The van der Waals surface area contributed by atoms with Gasteiger partial charge in [0.05, 0.1) is 17.7 Å². The second kappa shape index (κ2) is 9.37. The molecule has 4 rings (SSSR count). The van der Waals surface area contributed by atoms with Gasteiger partial charge in [0.25, 0.3) is 0 Å². The van der Waals surface area contributed by atoms with E-state index in [9.17, 15) is 18.7 Å². The highest BCUT2D eigenvalue weighted by molar-refractivity contribution is 5.89. The number of carbonyl (C=O) groups excluding carboxylic acids is 1. The zero-order valence-electron chi connectivity index (χ0n) is 16.8. The third-order valence-electron chi connectivity index (χ3n) is 5.67. The van der Waals surface area contributed by atoms with Gasteiger partial charge in [0, 0.05) is 18.0 Å². The number of benzene rings is 3. The van der Waals surface area contributed by atoms with Crippen molar-refractivity contribution in [3.05, 3.63) is 107 Å². The van der Waals surface area contributed by atoms with E-state index in [-0.39, 0.29) is 5.56 Å². The third-order valence-corrected chi connectivity index (χ3v) is 5.67. The quantitative estimate of drug-likeness (QED) is 0.625. The minimum atomic E-state index is -1.12. The summed E-state index contributed by atoms with van der Waals surface area (Å²) in [6, 6.07) is 20.9. The normalized spacial score (nSPS) is 18.5. The van der Waals surface area contributed by atoms with Gasteiger partial charge in [-0.3, -0.25) is 0 Å². The van der Waals surface area contributed by atoms with Gasteiger partial charge in [-0.2, -0.15) is 0 Å². The van der Waals surface area contributed by atoms with Crippen LogP contribution in [0.5, 0.6) is 0 Å². The SMILES string of the molecule is O=C(ON1CCC[C@@H]1[C@H](O)[C@H](c1ccccc1)c1cccc(F)c1F)c1ccccc1. The summed E-state index contributed by atoms with van der Waals surface area (Å²) in [7, 11) is 0. The predicted octanol–water partition coefficient (Wildman–Crippen LogP) is 4.69. The number of hydrogen-bond donors (Lipinski definition) is 1. The molecule has 1 saturated heterocycles. The molecule has 3 atom stereocenters. The van der Waals surface area contributed by atoms with E-state index >= 15 is 0 Å². The van der Waals surface area contributed by atoms with Crippen molar-refractivity contribution in [1.29, 1.82) is 0 Å². The van der Waals surface area contributed by atoms with Crippen LogP contribution < -0.4 is 0 Å². The fourth-order valence-corrected chi connectivity index (χ4v) is 4.16. The molecule has 0 spiro atoms. The summed E-state index contributed by atoms with van der Waals surface area (Å²) in [5, 5.41) is 12.8. The molecule has 0 amide bonds. The average molecular weight is 423 g/mol. The van der Waals surface area contributed by atoms with Crippen LogP contribution in [0.25, 0.3) is 0 Å². The van der Waals surface area contributed by atoms with E-state index < -0.39 is 35.7 Å². The Morgan fingerprint density at radius 1 is 0.968 bits per heavy atom. The first-order valence-corrected chi connectivity index (χ1v) is 10.3. The molecule has 4 nitrogen and oxygen atoms in total. The smallest absolute Gasteiger partial charge is 0.357 e. The Morgan fingerprint density at radius 3 is 2.35 bits per heavy atom. The molecule has 0 aromatic heterocycles. The lowest BCUT2D eigenvalue weighted by atomic mass is 9.82. The molecule has 160 valence electrons. The number of aliphatic hydroxyl groups excluding tert-OH is 1. The van der Waals surface area contributed by atoms with Gasteiger partial charge in [0.1, 0.15) is 0 Å². The maximum Gasteiger partial charge on any atom is 0.357 e. The lowest BCUT2D eigenvalue weighted by Gasteiger charge is -2.33. The molecule has 6 heteroatoms. The van der Waals surface area contributed by atoms with Crippen molar-refractivity contribution in [2.24, 2.45) is 0 Å². The van der Waals surface area contributed by atoms with Gasteiger partial charge in [0.15, 0.2) is 11.6 Å². The van der Waals surface area contributed by atoms with Crippen molar-refractivity contribution < 1.29 is 23.5 Å². The number of hydrogen-bond acceptors (Lipinski definition) is 4. The van der Waals surface area contributed by atoms with Gasteiger partial charge in [-0.1, -0.05) is 60.7 Å². The van der Waals surface area contributed by atoms with Crippen LogP contribution in [-0.2, 0) is 4.84 Å². The van der Waals surface area contributed by atoms with E-state index in [0.29, 0.717) is 30.5 Å². The number of aliphatic hydroxyl groups is 1. The van der Waals surface area contributed by atoms with Gasteiger partial charge >= 0.3 is 5.97 Å². The highest BCUT2D eigenvalue weighted by Gasteiger charge is 2.40. The van der Waals surface area contributed by atoms with Crippen LogP contribution in [0.4, 0.5) is 8.78 Å². The molecule has 1 aliphatic heterocycles. The molecule has 31 heavy (non-hydrogen) atoms. The lowest BCUT2D eigenvalue weighted by Crippen LogP contribution is -2.43. The minimum absolute atomic E-state index is 0.0694. The molecule has 3 aromatic rings. The monoisotopic (exact) mass is 423 g/mol. The highest BCUT2D eigenvalue weighted by atomic mass is 19.2. The molecule has 0 bridgehead atoms. The Bertz CT molecular complexity index is 1030. The van der Waals surface area contributed by atoms with Crippen LogP contribution >= 0.6 is 0 Å². The predicted molar refractivity (Wildman–Crippen MR) is 112 cm³/mol. The first kappa shape index (κ1) is 21.2. The molecule has 1 fully saturated rings. The third kappa shape index (κ3) is 4.50. The van der Waals surface area contributed by atoms with Crippen molar-refractivity contribution in [2.45, 2.75) is 30.9 Å². The number of halogens is 2. The Balaban J connectivity index is 1.64. The van der Waals surface area contributed by atoms with Gasteiger partial charge in [-0.15, -0.1) is 5.06 Å². The van der Waals surface area contributed by atoms with Crippen molar-refractivity contribution in [3.63, 3.8) is 0 Å². The summed E-state index contributed by atoms with van der Waals surface area (Å²) in [5.41, 5.74) is 1.12. The second-order valence-corrected chi connectivity index (χ2v) is 7.62. The topological polar surface area (TPSA) is 49.8 Å². The van der Waals surface area contributed by atoms with E-state index in [4.69, 9.17) is 4.84 Å². The first-order chi connectivity index (χ1) is 15.1. The van der Waals surface area contributed by atoms with Gasteiger partial charge in [0.2, 0.25) is 0 Å². The molecule has 1 N–H and O–H groups in total. The Kier molecular flexibility index (Phi) is 6.39. The summed E-state index contributed by atoms with van der Waals surface area (Å²) >= 11 is 0. The molecule has 0 aliphatic carbocycles. The largest absolute Gasteiger partial charge is 0.390 e. The summed E-state index contributed by atoms with van der Waals surface area (Å²) in [5.74, 6) is -3.29. The number of carbonyl (C=O) groups is 1. The second-order valence-electron chi connectivity index (χ2n) is 7.62. The van der Waals surface area contributed by atoms with Crippen molar-refractivity contribution in [2.75, 3.05) is 6.54 Å². The van der Waals surface area contributed by atoms with Crippen LogP contribution in [0.1, 0.15) is 40.2 Å². The number of nitrogens with zero attached hydrogens (tertiary/aromatic N) is 1. The molecule has 0 radical (unpaired) electrons. The maximum absolute atomic E-state index is 14.7. The van der Waals surface area contributed by atoms with Gasteiger partial charge in [-0.05, 0) is 36.6 Å². The van der Waals surface area contributed by atoms with E-state index in [0.717, 1.165) is 6.07 Å². The van der Waals surface area contributed by atoms with Gasteiger partial charge < -0.3 is 9.94 Å². The van der Waals surface area contributed by atoms with Crippen LogP contribution in [0, 0.1) is 11.6 Å². The summed E-state index contributed by atoms with van der Waals surface area (Å²) in [4.78, 5) is 18.1. The summed E-state index contributed by atoms with van der Waals surface area (Å²) < 4.78 is 28.7. The molecule has 1 heterocycles. The Hall–Kier alpha value is -3.09. The van der Waals surface area contributed by atoms with Crippen LogP contribution in [0.3, 0.4) is 0 Å². The van der Waals surface area contributed by atoms with Gasteiger partial charge in [-0.25, -0.2) is 13.6 Å². The fourth-order valence-electron chi connectivity index (χ4n) is 4.16. The molecule has 0 unspecified atom stereocenters. The summed E-state index contributed by atoms with van der Waals surface area (Å²) in [6.07, 6.45) is 0.144. The Labute approximate surface area is 179 Å². The zero-order valence-corrected chi connectivity index (χ0v) is 16.8. The van der Waals surface area contributed by atoms with Crippen molar-refractivity contribution >= 4 is 5.97 Å². The molecule has 1 aliphatic rings. The first-order valence-electron chi connectivity index (χ1n) is 10.3. The molecular weight excluding hydrogens is 400 g/mol. The standard InChI is InChI=1S/C25H23F2NO3/c26-20-14-7-13-19(23(20)27)22(17-9-3-1-4-10-17)24(29)21-15-8-16-28(21)31-25(30)18-11-5-2-6-12-18/h1-7,9-14,21-22,24,29H,8,15-16H2/t21-,22-,24+/m1/s1. The molecular formula is C25H23F2NO3. The van der Waals surface area contributed by atoms with E-state index in [2.05, 4.69) is 0 Å². The van der Waals surface area contributed by atoms with E-state index in [1.54, 1.807) is 54.6 Å². The van der Waals surface area contributed by atoms with E-state index in [1.807, 2.05) is 6.07 Å². The minimum Gasteiger partial charge on any atom is -0.390 e. The molecule has 3 aromatic carbocycles. The average Bonchev–Trinajstić information content (AvgIpc) is 3.26. The van der Waals surface area contributed by atoms with Crippen LogP contribution in [0.15, 0.2) is 78.9 Å². The molecule has 0 saturated carbocycles. The van der Waals surface area contributed by atoms with Crippen LogP contribution in [0.2, 0.25) is 0 Å². The fraction of sp³-hybridized carbons (Fsp3) is 0.240. The maximum atomic E-state index is 14.7. The zero-order chi connectivity index (χ0) is 21.8. The van der Waals surface area contributed by atoms with Crippen molar-refractivity contribution in [3.8, 4) is 0 Å². The number of hydroxylamine groups is 2.